The molecule has 2 aromatic rings. The van der Waals surface area contributed by atoms with Crippen LogP contribution in [0.5, 0.6) is 0 Å². The van der Waals surface area contributed by atoms with Crippen LogP contribution in [0.2, 0.25) is 0 Å². The van der Waals surface area contributed by atoms with Crippen molar-refractivity contribution in [1.29, 1.82) is 0 Å². The Balaban J connectivity index is 1.65. The summed E-state index contributed by atoms with van der Waals surface area (Å²) in [6.45, 7) is 6.00. The highest BCUT2D eigenvalue weighted by atomic mass is 19.1. The molecule has 0 radical (unpaired) electrons. The minimum absolute atomic E-state index is 0.327. The molecule has 1 aliphatic carbocycles. The number of anilines is 3. The van der Waals surface area contributed by atoms with Crippen molar-refractivity contribution in [3.05, 3.63) is 54.3 Å². The number of hydrogen-bond acceptors (Lipinski definition) is 3. The summed E-state index contributed by atoms with van der Waals surface area (Å²) in [6.07, 6.45) is 0.967. The molecule has 0 bridgehead atoms. The first kappa shape index (κ1) is 18.9. The van der Waals surface area contributed by atoms with Crippen molar-refractivity contribution in [2.75, 3.05) is 28.6 Å². The molecule has 1 aliphatic rings. The Hall–Kier alpha value is -2.89. The van der Waals surface area contributed by atoms with Gasteiger partial charge in [-0.05, 0) is 69.2 Å². The number of benzene rings is 2. The Labute approximate surface area is 158 Å². The van der Waals surface area contributed by atoms with Crippen LogP contribution in [0.1, 0.15) is 26.7 Å². The first-order valence-electron chi connectivity index (χ1n) is 9.22. The van der Waals surface area contributed by atoms with E-state index in [0.717, 1.165) is 18.8 Å². The average molecular weight is 369 g/mol. The summed E-state index contributed by atoms with van der Waals surface area (Å²) in [6, 6.07) is 13.2. The predicted octanol–water partition coefficient (Wildman–Crippen LogP) is 4.03. The van der Waals surface area contributed by atoms with Gasteiger partial charge in [0.1, 0.15) is 11.2 Å². The fourth-order valence-electron chi connectivity index (χ4n) is 3.09. The second-order valence-electron chi connectivity index (χ2n) is 6.72. The third-order valence-electron chi connectivity index (χ3n) is 4.96. The van der Waals surface area contributed by atoms with Gasteiger partial charge < -0.3 is 15.5 Å². The Kier molecular flexibility index (Phi) is 5.44. The van der Waals surface area contributed by atoms with Gasteiger partial charge in [0.05, 0.1) is 0 Å². The summed E-state index contributed by atoms with van der Waals surface area (Å²) >= 11 is 0. The molecule has 0 unspecified atom stereocenters. The molecule has 3 rings (SSSR count). The molecule has 27 heavy (non-hydrogen) atoms. The standard InChI is InChI=1S/C21H24FN3O2/c1-3-25(4-2)18-10-8-16(9-11-18)23-19(26)21(12-13-21)20(27)24-17-7-5-6-15(22)14-17/h5-11,14H,3-4,12-13H2,1-2H3,(H,23,26)(H,24,27). The number of hydrogen-bond donors (Lipinski definition) is 2. The lowest BCUT2D eigenvalue weighted by molar-refractivity contribution is -0.131. The average Bonchev–Trinajstić information content (AvgIpc) is 3.46. The van der Waals surface area contributed by atoms with Crippen LogP contribution >= 0.6 is 0 Å². The lowest BCUT2D eigenvalue weighted by Crippen LogP contribution is -2.35. The minimum atomic E-state index is -1.08. The molecule has 1 saturated carbocycles. The van der Waals surface area contributed by atoms with Crippen molar-refractivity contribution in [2.24, 2.45) is 5.41 Å². The van der Waals surface area contributed by atoms with Crippen molar-refractivity contribution < 1.29 is 14.0 Å². The monoisotopic (exact) mass is 369 g/mol. The summed E-state index contributed by atoms with van der Waals surface area (Å²) < 4.78 is 13.3. The first-order valence-corrected chi connectivity index (χ1v) is 9.22. The lowest BCUT2D eigenvalue weighted by Gasteiger charge is -2.21. The maximum Gasteiger partial charge on any atom is 0.240 e. The highest BCUT2D eigenvalue weighted by Gasteiger charge is 2.56. The van der Waals surface area contributed by atoms with E-state index >= 15 is 0 Å². The Morgan fingerprint density at radius 2 is 1.56 bits per heavy atom. The molecule has 142 valence electrons. The highest BCUT2D eigenvalue weighted by Crippen LogP contribution is 2.47. The third-order valence-corrected chi connectivity index (χ3v) is 4.96. The Morgan fingerprint density at radius 1 is 0.963 bits per heavy atom. The predicted molar refractivity (Wildman–Crippen MR) is 105 cm³/mol. The highest BCUT2D eigenvalue weighted by molar-refractivity contribution is 6.16. The fourth-order valence-corrected chi connectivity index (χ4v) is 3.09. The van der Waals surface area contributed by atoms with Crippen LogP contribution in [0.4, 0.5) is 21.5 Å². The quantitative estimate of drug-likeness (QED) is 0.725. The van der Waals surface area contributed by atoms with E-state index in [1.807, 2.05) is 24.3 Å². The number of carbonyl (C=O) groups is 2. The van der Waals surface area contributed by atoms with Gasteiger partial charge in [0.25, 0.3) is 0 Å². The van der Waals surface area contributed by atoms with Gasteiger partial charge in [-0.15, -0.1) is 0 Å². The second-order valence-corrected chi connectivity index (χ2v) is 6.72. The fraction of sp³-hybridized carbons (Fsp3) is 0.333. The van der Waals surface area contributed by atoms with Gasteiger partial charge in [-0.25, -0.2) is 4.39 Å². The van der Waals surface area contributed by atoms with E-state index in [1.54, 1.807) is 6.07 Å². The molecule has 2 aromatic carbocycles. The molecule has 5 nitrogen and oxygen atoms in total. The molecule has 2 N–H and O–H groups in total. The van der Waals surface area contributed by atoms with Crippen molar-refractivity contribution in [2.45, 2.75) is 26.7 Å². The molecule has 1 fully saturated rings. The summed E-state index contributed by atoms with van der Waals surface area (Å²) in [4.78, 5) is 27.4. The summed E-state index contributed by atoms with van der Waals surface area (Å²) in [5.41, 5.74) is 1.01. The largest absolute Gasteiger partial charge is 0.372 e. The summed E-state index contributed by atoms with van der Waals surface area (Å²) in [7, 11) is 0. The van der Waals surface area contributed by atoms with Crippen LogP contribution in [0.15, 0.2) is 48.5 Å². The van der Waals surface area contributed by atoms with Gasteiger partial charge in [-0.2, -0.15) is 0 Å². The maximum absolute atomic E-state index is 13.3. The molecule has 0 atom stereocenters. The van der Waals surface area contributed by atoms with Crippen molar-refractivity contribution in [3.8, 4) is 0 Å². The number of nitrogens with zero attached hydrogens (tertiary/aromatic N) is 1. The van der Waals surface area contributed by atoms with Gasteiger partial charge in [-0.3, -0.25) is 9.59 Å². The van der Waals surface area contributed by atoms with Crippen molar-refractivity contribution in [3.63, 3.8) is 0 Å². The van der Waals surface area contributed by atoms with E-state index in [0.29, 0.717) is 24.2 Å². The molecular weight excluding hydrogens is 345 g/mol. The van der Waals surface area contributed by atoms with Crippen LogP contribution in [-0.2, 0) is 9.59 Å². The zero-order valence-corrected chi connectivity index (χ0v) is 15.6. The van der Waals surface area contributed by atoms with E-state index in [1.165, 1.54) is 18.2 Å². The van der Waals surface area contributed by atoms with Crippen molar-refractivity contribution in [1.82, 2.24) is 0 Å². The normalized spacial score (nSPS) is 14.3. The van der Waals surface area contributed by atoms with Crippen LogP contribution in [-0.4, -0.2) is 24.9 Å². The number of nitrogens with one attached hydrogen (secondary N) is 2. The van der Waals surface area contributed by atoms with Crippen LogP contribution in [0, 0.1) is 11.2 Å². The van der Waals surface area contributed by atoms with Crippen LogP contribution in [0.3, 0.4) is 0 Å². The minimum Gasteiger partial charge on any atom is -0.372 e. The molecule has 2 amide bonds. The first-order chi connectivity index (χ1) is 13.0. The smallest absolute Gasteiger partial charge is 0.240 e. The van der Waals surface area contributed by atoms with Gasteiger partial charge in [0, 0.05) is 30.2 Å². The van der Waals surface area contributed by atoms with E-state index in [-0.39, 0.29) is 5.91 Å². The zero-order valence-electron chi connectivity index (χ0n) is 15.6. The molecule has 0 spiro atoms. The number of carbonyl (C=O) groups excluding carboxylic acids is 2. The molecule has 6 heteroatoms. The topological polar surface area (TPSA) is 61.4 Å². The van der Waals surface area contributed by atoms with E-state index in [4.69, 9.17) is 0 Å². The number of halogens is 1. The second kappa shape index (κ2) is 7.78. The summed E-state index contributed by atoms with van der Waals surface area (Å²) in [5.74, 6) is -1.16. The van der Waals surface area contributed by atoms with Gasteiger partial charge >= 0.3 is 0 Å². The summed E-state index contributed by atoms with van der Waals surface area (Å²) in [5, 5.41) is 5.48. The van der Waals surface area contributed by atoms with Gasteiger partial charge in [-0.1, -0.05) is 6.07 Å². The number of rotatable bonds is 7. The van der Waals surface area contributed by atoms with Crippen LogP contribution in [0.25, 0.3) is 0 Å². The molecule has 0 saturated heterocycles. The molecule has 0 aliphatic heterocycles. The Morgan fingerprint density at radius 3 is 2.07 bits per heavy atom. The number of amides is 2. The van der Waals surface area contributed by atoms with Gasteiger partial charge in [0.2, 0.25) is 11.8 Å². The molecule has 0 aromatic heterocycles. The van der Waals surface area contributed by atoms with E-state index in [2.05, 4.69) is 29.4 Å². The van der Waals surface area contributed by atoms with E-state index < -0.39 is 17.1 Å². The van der Waals surface area contributed by atoms with Crippen LogP contribution < -0.4 is 15.5 Å². The Bertz CT molecular complexity index is 828. The van der Waals surface area contributed by atoms with Crippen molar-refractivity contribution >= 4 is 28.9 Å². The molecule has 0 heterocycles. The van der Waals surface area contributed by atoms with Gasteiger partial charge in [0.15, 0.2) is 0 Å². The van der Waals surface area contributed by atoms with E-state index in [9.17, 15) is 14.0 Å². The maximum atomic E-state index is 13.3. The zero-order chi connectivity index (χ0) is 19.4. The molecular formula is C21H24FN3O2. The third kappa shape index (κ3) is 4.10. The lowest BCUT2D eigenvalue weighted by atomic mass is 10.0. The SMILES string of the molecule is CCN(CC)c1ccc(NC(=O)C2(C(=O)Nc3cccc(F)c3)CC2)cc1.